The normalized spacial score (nSPS) is 12.9. The Labute approximate surface area is 138 Å². The Hall–Kier alpha value is -2.13. The van der Waals surface area contributed by atoms with Crippen molar-refractivity contribution in [2.75, 3.05) is 6.54 Å². The van der Waals surface area contributed by atoms with E-state index in [9.17, 15) is 0 Å². The van der Waals surface area contributed by atoms with Crippen LogP contribution in [-0.4, -0.2) is 16.1 Å². The number of rotatable bonds is 5. The summed E-state index contributed by atoms with van der Waals surface area (Å²) in [4.78, 5) is 4.11. The van der Waals surface area contributed by atoms with Crippen molar-refractivity contribution in [3.05, 3.63) is 54.5 Å². The van der Waals surface area contributed by atoms with Crippen LogP contribution in [0.5, 0.6) is 0 Å². The molecule has 0 bridgehead atoms. The minimum absolute atomic E-state index is 0.373. The Morgan fingerprint density at radius 3 is 2.43 bits per heavy atom. The van der Waals surface area contributed by atoms with Gasteiger partial charge in [-0.1, -0.05) is 32.9 Å². The zero-order valence-electron chi connectivity index (χ0n) is 14.2. The molecule has 23 heavy (non-hydrogen) atoms. The molecule has 0 aliphatic heterocycles. The molecule has 3 rings (SSSR count). The van der Waals surface area contributed by atoms with Gasteiger partial charge in [-0.2, -0.15) is 0 Å². The Morgan fingerprint density at radius 2 is 1.78 bits per heavy atom. The van der Waals surface area contributed by atoms with E-state index < -0.39 is 0 Å². The van der Waals surface area contributed by atoms with Gasteiger partial charge in [-0.05, 0) is 53.3 Å². The third kappa shape index (κ3) is 3.15. The fourth-order valence-corrected chi connectivity index (χ4v) is 3.11. The molecule has 3 heteroatoms. The van der Waals surface area contributed by atoms with E-state index in [1.807, 2.05) is 12.4 Å². The van der Waals surface area contributed by atoms with E-state index in [0.29, 0.717) is 18.4 Å². The third-order valence-electron chi connectivity index (χ3n) is 4.37. The molecule has 0 amide bonds. The number of fused-ring (bicyclic) bond motifs is 1. The van der Waals surface area contributed by atoms with Crippen LogP contribution in [-0.2, 0) is 6.54 Å². The highest BCUT2D eigenvalue weighted by molar-refractivity contribution is 5.88. The lowest BCUT2D eigenvalue weighted by molar-refractivity contribution is 0.533. The van der Waals surface area contributed by atoms with Crippen LogP contribution < -0.4 is 5.73 Å². The molecule has 120 valence electrons. The molecule has 0 radical (unpaired) electrons. The summed E-state index contributed by atoms with van der Waals surface area (Å²) in [6.45, 7) is 8.40. The first kappa shape index (κ1) is 15.8. The highest BCUT2D eigenvalue weighted by Gasteiger charge is 2.14. The summed E-state index contributed by atoms with van der Waals surface area (Å²) in [6.07, 6.45) is 5.97. The quantitative estimate of drug-likeness (QED) is 0.758. The molecule has 2 aromatic heterocycles. The summed E-state index contributed by atoms with van der Waals surface area (Å²) in [5.41, 5.74) is 11.0. The maximum Gasteiger partial charge on any atom is 0.0489 e. The predicted molar refractivity (Wildman–Crippen MR) is 97.5 cm³/mol. The number of nitrogens with two attached hydrogens (primary N) is 1. The average molecular weight is 307 g/mol. The van der Waals surface area contributed by atoms with E-state index in [0.717, 1.165) is 6.54 Å². The van der Waals surface area contributed by atoms with Crippen molar-refractivity contribution >= 4 is 10.9 Å². The van der Waals surface area contributed by atoms with Gasteiger partial charge in [0, 0.05) is 36.0 Å². The molecule has 0 aliphatic rings. The first-order chi connectivity index (χ1) is 11.1. The number of aromatic nitrogens is 2. The smallest absolute Gasteiger partial charge is 0.0489 e. The molecule has 2 heterocycles. The maximum absolute atomic E-state index is 5.91. The summed E-state index contributed by atoms with van der Waals surface area (Å²) in [5.74, 6) is 0.980. The standard InChI is InChI=1S/C20H25N3/c1-14(2)12-23-13-19(15(3)11-21)18-5-4-17(10-20(18)23)16-6-8-22-9-7-16/h4-10,13-15H,11-12,21H2,1-3H3. The van der Waals surface area contributed by atoms with Crippen molar-refractivity contribution in [2.45, 2.75) is 33.2 Å². The highest BCUT2D eigenvalue weighted by Crippen LogP contribution is 2.31. The van der Waals surface area contributed by atoms with Crippen LogP contribution in [0, 0.1) is 5.92 Å². The minimum Gasteiger partial charge on any atom is -0.347 e. The van der Waals surface area contributed by atoms with Crippen molar-refractivity contribution in [2.24, 2.45) is 11.7 Å². The topological polar surface area (TPSA) is 43.8 Å². The van der Waals surface area contributed by atoms with Gasteiger partial charge in [0.2, 0.25) is 0 Å². The Bertz CT molecular complexity index is 787. The molecule has 0 aliphatic carbocycles. The van der Waals surface area contributed by atoms with Crippen LogP contribution in [0.4, 0.5) is 0 Å². The van der Waals surface area contributed by atoms with Gasteiger partial charge in [0.05, 0.1) is 0 Å². The second-order valence-electron chi connectivity index (χ2n) is 6.74. The molecule has 0 spiro atoms. The number of nitrogens with zero attached hydrogens (tertiary/aromatic N) is 2. The lowest BCUT2D eigenvalue weighted by Crippen LogP contribution is -2.08. The van der Waals surface area contributed by atoms with Crippen LogP contribution in [0.2, 0.25) is 0 Å². The summed E-state index contributed by atoms with van der Waals surface area (Å²) >= 11 is 0. The van der Waals surface area contributed by atoms with Gasteiger partial charge in [0.25, 0.3) is 0 Å². The highest BCUT2D eigenvalue weighted by atomic mass is 15.0. The summed E-state index contributed by atoms with van der Waals surface area (Å²) in [5, 5.41) is 1.32. The van der Waals surface area contributed by atoms with Crippen LogP contribution in [0.25, 0.3) is 22.0 Å². The Balaban J connectivity index is 2.16. The second kappa shape index (κ2) is 6.55. The molecule has 0 saturated carbocycles. The molecule has 1 aromatic carbocycles. The first-order valence-corrected chi connectivity index (χ1v) is 8.33. The number of pyridine rings is 1. The van der Waals surface area contributed by atoms with Gasteiger partial charge < -0.3 is 10.3 Å². The molecular weight excluding hydrogens is 282 g/mol. The van der Waals surface area contributed by atoms with Crippen molar-refractivity contribution in [1.29, 1.82) is 0 Å². The van der Waals surface area contributed by atoms with Crippen molar-refractivity contribution < 1.29 is 0 Å². The van der Waals surface area contributed by atoms with Gasteiger partial charge in [-0.3, -0.25) is 4.98 Å². The lowest BCUT2D eigenvalue weighted by atomic mass is 9.99. The van der Waals surface area contributed by atoms with Gasteiger partial charge in [-0.25, -0.2) is 0 Å². The molecule has 3 nitrogen and oxygen atoms in total. The Morgan fingerprint density at radius 1 is 1.04 bits per heavy atom. The average Bonchev–Trinajstić information content (AvgIpc) is 2.92. The van der Waals surface area contributed by atoms with Crippen LogP contribution in [0.1, 0.15) is 32.3 Å². The van der Waals surface area contributed by atoms with Crippen molar-refractivity contribution in [3.63, 3.8) is 0 Å². The van der Waals surface area contributed by atoms with E-state index in [2.05, 4.69) is 66.9 Å². The van der Waals surface area contributed by atoms with E-state index in [1.54, 1.807) is 0 Å². The van der Waals surface area contributed by atoms with Gasteiger partial charge in [0.1, 0.15) is 0 Å². The largest absolute Gasteiger partial charge is 0.347 e. The number of hydrogen-bond acceptors (Lipinski definition) is 2. The molecule has 1 unspecified atom stereocenters. The van der Waals surface area contributed by atoms with Gasteiger partial charge in [0.15, 0.2) is 0 Å². The number of hydrogen-bond donors (Lipinski definition) is 1. The monoisotopic (exact) mass is 307 g/mol. The molecule has 1 atom stereocenters. The Kier molecular flexibility index (Phi) is 4.49. The third-order valence-corrected chi connectivity index (χ3v) is 4.37. The SMILES string of the molecule is CC(C)Cn1cc(C(C)CN)c2ccc(-c3ccncc3)cc21. The van der Waals surface area contributed by atoms with Gasteiger partial charge >= 0.3 is 0 Å². The fourth-order valence-electron chi connectivity index (χ4n) is 3.11. The zero-order valence-corrected chi connectivity index (χ0v) is 14.2. The van der Waals surface area contributed by atoms with Crippen molar-refractivity contribution in [1.82, 2.24) is 9.55 Å². The van der Waals surface area contributed by atoms with Gasteiger partial charge in [-0.15, -0.1) is 0 Å². The van der Waals surface area contributed by atoms with E-state index >= 15 is 0 Å². The summed E-state index contributed by atoms with van der Waals surface area (Å²) < 4.78 is 2.38. The zero-order chi connectivity index (χ0) is 16.4. The number of benzene rings is 1. The molecule has 0 saturated heterocycles. The molecule has 2 N–H and O–H groups in total. The summed E-state index contributed by atoms with van der Waals surface area (Å²) in [7, 11) is 0. The molecular formula is C20H25N3. The van der Waals surface area contributed by atoms with Crippen LogP contribution >= 0.6 is 0 Å². The van der Waals surface area contributed by atoms with Crippen molar-refractivity contribution in [3.8, 4) is 11.1 Å². The van der Waals surface area contributed by atoms with Crippen LogP contribution in [0.15, 0.2) is 48.9 Å². The van der Waals surface area contributed by atoms with Crippen LogP contribution in [0.3, 0.4) is 0 Å². The summed E-state index contributed by atoms with van der Waals surface area (Å²) in [6, 6.07) is 10.8. The van der Waals surface area contributed by atoms with E-state index in [4.69, 9.17) is 5.73 Å². The minimum atomic E-state index is 0.373. The lowest BCUT2D eigenvalue weighted by Gasteiger charge is -2.09. The van der Waals surface area contributed by atoms with E-state index in [1.165, 1.54) is 27.6 Å². The maximum atomic E-state index is 5.91. The fraction of sp³-hybridized carbons (Fsp3) is 0.350. The molecule has 3 aromatic rings. The molecule has 0 fully saturated rings. The predicted octanol–water partition coefficient (Wildman–Crippen LogP) is 4.42. The second-order valence-corrected chi connectivity index (χ2v) is 6.74. The first-order valence-electron chi connectivity index (χ1n) is 8.33. The van der Waals surface area contributed by atoms with E-state index in [-0.39, 0.29) is 0 Å².